The molecule has 5 nitrogen and oxygen atoms in total. The van der Waals surface area contributed by atoms with E-state index in [9.17, 15) is 4.79 Å². The van der Waals surface area contributed by atoms with E-state index in [1.54, 1.807) is 26.4 Å². The van der Waals surface area contributed by atoms with Gasteiger partial charge in [0.05, 0.1) is 27.8 Å². The second-order valence-corrected chi connectivity index (χ2v) is 4.86. The van der Waals surface area contributed by atoms with Gasteiger partial charge in [-0.05, 0) is 23.3 Å². The number of benzene rings is 2. The van der Waals surface area contributed by atoms with Crippen LogP contribution in [0.3, 0.4) is 0 Å². The van der Waals surface area contributed by atoms with Crippen molar-refractivity contribution < 1.29 is 23.7 Å². The van der Waals surface area contributed by atoms with E-state index in [1.165, 1.54) is 7.11 Å². The first kappa shape index (κ1) is 16.7. The molecule has 0 aliphatic rings. The minimum absolute atomic E-state index is 0.141. The molecular formula is C18H20O5. The lowest BCUT2D eigenvalue weighted by Gasteiger charge is -2.16. The minimum Gasteiger partial charge on any atom is -0.493 e. The van der Waals surface area contributed by atoms with Crippen LogP contribution in [0, 0.1) is 0 Å². The maximum atomic E-state index is 11.4. The summed E-state index contributed by atoms with van der Waals surface area (Å²) in [4.78, 5) is 11.4. The van der Waals surface area contributed by atoms with Gasteiger partial charge in [-0.1, -0.05) is 30.3 Å². The van der Waals surface area contributed by atoms with E-state index in [-0.39, 0.29) is 12.4 Å². The largest absolute Gasteiger partial charge is 0.493 e. The number of esters is 1. The molecule has 0 bridgehead atoms. The summed E-state index contributed by atoms with van der Waals surface area (Å²) in [6, 6.07) is 13.3. The Labute approximate surface area is 135 Å². The Balaban J connectivity index is 2.25. The number of carbonyl (C=O) groups is 1. The number of methoxy groups -OCH3 is 3. The molecule has 23 heavy (non-hydrogen) atoms. The van der Waals surface area contributed by atoms with Crippen molar-refractivity contribution in [3.63, 3.8) is 0 Å². The van der Waals surface area contributed by atoms with Crippen LogP contribution in [0.25, 0.3) is 0 Å². The Morgan fingerprint density at radius 1 is 0.913 bits per heavy atom. The number of ether oxygens (including phenoxy) is 4. The van der Waals surface area contributed by atoms with Gasteiger partial charge in [-0.15, -0.1) is 0 Å². The fourth-order valence-corrected chi connectivity index (χ4v) is 2.15. The van der Waals surface area contributed by atoms with Gasteiger partial charge in [0.25, 0.3) is 0 Å². The zero-order valence-corrected chi connectivity index (χ0v) is 13.5. The third-order valence-corrected chi connectivity index (χ3v) is 3.32. The SMILES string of the molecule is COC(=O)Cc1cc(OC)c(OCc2ccccc2)c(OC)c1. The summed E-state index contributed by atoms with van der Waals surface area (Å²) in [6.07, 6.45) is 0.141. The van der Waals surface area contributed by atoms with Crippen LogP contribution in [0.2, 0.25) is 0 Å². The van der Waals surface area contributed by atoms with Crippen LogP contribution in [-0.4, -0.2) is 27.3 Å². The molecule has 0 aromatic heterocycles. The molecule has 0 amide bonds. The first-order chi connectivity index (χ1) is 11.2. The predicted molar refractivity (Wildman–Crippen MR) is 86.0 cm³/mol. The molecule has 2 rings (SSSR count). The number of hydrogen-bond acceptors (Lipinski definition) is 5. The molecule has 0 spiro atoms. The highest BCUT2D eigenvalue weighted by Gasteiger charge is 2.16. The van der Waals surface area contributed by atoms with Crippen LogP contribution in [0.1, 0.15) is 11.1 Å². The Hall–Kier alpha value is -2.69. The van der Waals surface area contributed by atoms with Crippen LogP contribution >= 0.6 is 0 Å². The van der Waals surface area contributed by atoms with Gasteiger partial charge in [-0.2, -0.15) is 0 Å². The molecule has 2 aromatic rings. The predicted octanol–water partition coefficient (Wildman–Crippen LogP) is 3.00. The van der Waals surface area contributed by atoms with Gasteiger partial charge in [-0.3, -0.25) is 4.79 Å². The van der Waals surface area contributed by atoms with Crippen molar-refractivity contribution in [3.8, 4) is 17.2 Å². The van der Waals surface area contributed by atoms with E-state index in [1.807, 2.05) is 30.3 Å². The fourth-order valence-electron chi connectivity index (χ4n) is 2.15. The molecule has 0 N–H and O–H groups in total. The molecule has 0 unspecified atom stereocenters. The first-order valence-electron chi connectivity index (χ1n) is 7.16. The second-order valence-electron chi connectivity index (χ2n) is 4.86. The van der Waals surface area contributed by atoms with Gasteiger partial charge in [0.2, 0.25) is 5.75 Å². The standard InChI is InChI=1S/C18H20O5/c1-20-15-9-14(11-17(19)22-3)10-16(21-2)18(15)23-12-13-7-5-4-6-8-13/h4-10H,11-12H2,1-3H3. The fraction of sp³-hybridized carbons (Fsp3) is 0.278. The highest BCUT2D eigenvalue weighted by Crippen LogP contribution is 2.39. The Morgan fingerprint density at radius 3 is 2.04 bits per heavy atom. The molecule has 0 saturated carbocycles. The van der Waals surface area contributed by atoms with Crippen molar-refractivity contribution in [3.05, 3.63) is 53.6 Å². The number of rotatable bonds is 7. The normalized spacial score (nSPS) is 10.0. The van der Waals surface area contributed by atoms with E-state index in [2.05, 4.69) is 4.74 Å². The lowest BCUT2D eigenvalue weighted by atomic mass is 10.1. The smallest absolute Gasteiger partial charge is 0.309 e. The van der Waals surface area contributed by atoms with Crippen molar-refractivity contribution in [1.29, 1.82) is 0 Å². The van der Waals surface area contributed by atoms with Gasteiger partial charge in [0, 0.05) is 0 Å². The van der Waals surface area contributed by atoms with Crippen molar-refractivity contribution >= 4 is 5.97 Å². The van der Waals surface area contributed by atoms with Gasteiger partial charge in [0.15, 0.2) is 11.5 Å². The molecule has 0 aliphatic carbocycles. The molecular weight excluding hydrogens is 296 g/mol. The number of hydrogen-bond donors (Lipinski definition) is 0. The average Bonchev–Trinajstić information content (AvgIpc) is 2.60. The molecule has 2 aromatic carbocycles. The lowest BCUT2D eigenvalue weighted by Crippen LogP contribution is -2.06. The molecule has 0 radical (unpaired) electrons. The maximum absolute atomic E-state index is 11.4. The third-order valence-electron chi connectivity index (χ3n) is 3.32. The average molecular weight is 316 g/mol. The van der Waals surface area contributed by atoms with Crippen LogP contribution in [0.15, 0.2) is 42.5 Å². The van der Waals surface area contributed by atoms with E-state index in [4.69, 9.17) is 14.2 Å². The van der Waals surface area contributed by atoms with E-state index in [0.717, 1.165) is 11.1 Å². The van der Waals surface area contributed by atoms with Gasteiger partial charge < -0.3 is 18.9 Å². The van der Waals surface area contributed by atoms with E-state index in [0.29, 0.717) is 23.9 Å². The van der Waals surface area contributed by atoms with E-state index < -0.39 is 0 Å². The summed E-state index contributed by atoms with van der Waals surface area (Å²) >= 11 is 0. The lowest BCUT2D eigenvalue weighted by molar-refractivity contribution is -0.139. The van der Waals surface area contributed by atoms with Crippen molar-refractivity contribution in [2.75, 3.05) is 21.3 Å². The van der Waals surface area contributed by atoms with Gasteiger partial charge in [0.1, 0.15) is 6.61 Å². The zero-order chi connectivity index (χ0) is 16.7. The third kappa shape index (κ3) is 4.39. The van der Waals surface area contributed by atoms with Crippen LogP contribution < -0.4 is 14.2 Å². The topological polar surface area (TPSA) is 54.0 Å². The summed E-state index contributed by atoms with van der Waals surface area (Å²) in [6.45, 7) is 0.393. The van der Waals surface area contributed by atoms with Crippen LogP contribution in [-0.2, 0) is 22.6 Å². The van der Waals surface area contributed by atoms with Crippen molar-refractivity contribution in [1.82, 2.24) is 0 Å². The summed E-state index contributed by atoms with van der Waals surface area (Å²) < 4.78 is 21.3. The molecule has 0 aliphatic heterocycles. The van der Waals surface area contributed by atoms with Crippen molar-refractivity contribution in [2.45, 2.75) is 13.0 Å². The summed E-state index contributed by atoms with van der Waals surface area (Å²) in [5, 5.41) is 0. The van der Waals surface area contributed by atoms with Gasteiger partial charge >= 0.3 is 5.97 Å². The summed E-state index contributed by atoms with van der Waals surface area (Å²) in [5.41, 5.74) is 1.77. The number of carbonyl (C=O) groups excluding carboxylic acids is 1. The quantitative estimate of drug-likeness (QED) is 0.735. The molecule has 0 atom stereocenters. The van der Waals surface area contributed by atoms with Crippen molar-refractivity contribution in [2.24, 2.45) is 0 Å². The monoisotopic (exact) mass is 316 g/mol. The van der Waals surface area contributed by atoms with Crippen LogP contribution in [0.5, 0.6) is 17.2 Å². The molecule has 0 heterocycles. The maximum Gasteiger partial charge on any atom is 0.309 e. The molecule has 122 valence electrons. The molecule has 0 saturated heterocycles. The first-order valence-corrected chi connectivity index (χ1v) is 7.16. The Morgan fingerprint density at radius 2 is 1.52 bits per heavy atom. The zero-order valence-electron chi connectivity index (χ0n) is 13.5. The Bertz CT molecular complexity index is 627. The minimum atomic E-state index is -0.327. The van der Waals surface area contributed by atoms with Crippen LogP contribution in [0.4, 0.5) is 0 Å². The second kappa shape index (κ2) is 8.08. The highest BCUT2D eigenvalue weighted by molar-refractivity contribution is 5.73. The van der Waals surface area contributed by atoms with E-state index >= 15 is 0 Å². The molecule has 0 fully saturated rings. The summed E-state index contributed by atoms with van der Waals surface area (Å²) in [5.74, 6) is 1.21. The van der Waals surface area contributed by atoms with Gasteiger partial charge in [-0.25, -0.2) is 0 Å². The Kier molecular flexibility index (Phi) is 5.86. The highest BCUT2D eigenvalue weighted by atomic mass is 16.5. The molecule has 5 heteroatoms. The summed E-state index contributed by atoms with van der Waals surface area (Å²) in [7, 11) is 4.45.